The minimum Gasteiger partial charge on any atom is -0.466 e. The van der Waals surface area contributed by atoms with Gasteiger partial charge in [0.15, 0.2) is 0 Å². The Morgan fingerprint density at radius 2 is 1.95 bits per heavy atom. The summed E-state index contributed by atoms with van der Waals surface area (Å²) in [5.41, 5.74) is -0.945. The summed E-state index contributed by atoms with van der Waals surface area (Å²) < 4.78 is 70.9. The number of hydrogen-bond acceptors (Lipinski definition) is 3. The number of benzene rings is 1. The molecule has 0 radical (unpaired) electrons. The maximum atomic E-state index is 12.9. The predicted octanol–water partition coefficient (Wildman–Crippen LogP) is 4.02. The molecular formula is C13H13F5O3. The van der Waals surface area contributed by atoms with Crippen LogP contribution in [0.3, 0.4) is 0 Å². The Labute approximate surface area is 117 Å². The van der Waals surface area contributed by atoms with Gasteiger partial charge in [-0.15, -0.1) is 13.2 Å². The van der Waals surface area contributed by atoms with Crippen LogP contribution < -0.4 is 4.74 Å². The number of halogens is 5. The van der Waals surface area contributed by atoms with Crippen molar-refractivity contribution in [2.75, 3.05) is 6.61 Å². The minimum absolute atomic E-state index is 0.0984. The van der Waals surface area contributed by atoms with Crippen LogP contribution in [0.5, 0.6) is 5.75 Å². The Balaban J connectivity index is 3.03. The lowest BCUT2D eigenvalue weighted by molar-refractivity contribution is -0.274. The van der Waals surface area contributed by atoms with E-state index in [1.165, 1.54) is 0 Å². The molecule has 1 rings (SSSR count). The summed E-state index contributed by atoms with van der Waals surface area (Å²) in [6.45, 7) is 1.66. The smallest absolute Gasteiger partial charge is 0.466 e. The zero-order chi connectivity index (χ0) is 16.0. The Kier molecular flexibility index (Phi) is 5.92. The van der Waals surface area contributed by atoms with Crippen LogP contribution in [0.2, 0.25) is 0 Å². The number of ether oxygens (including phenoxy) is 2. The van der Waals surface area contributed by atoms with Crippen molar-refractivity contribution in [2.45, 2.75) is 32.6 Å². The van der Waals surface area contributed by atoms with Crippen molar-refractivity contribution in [2.24, 2.45) is 0 Å². The van der Waals surface area contributed by atoms with E-state index in [9.17, 15) is 26.7 Å². The van der Waals surface area contributed by atoms with Gasteiger partial charge in [-0.2, -0.15) is 0 Å². The number of carbonyl (C=O) groups is 1. The van der Waals surface area contributed by atoms with E-state index in [4.69, 9.17) is 0 Å². The molecule has 0 saturated carbocycles. The Morgan fingerprint density at radius 3 is 2.48 bits per heavy atom. The predicted molar refractivity (Wildman–Crippen MR) is 63.0 cm³/mol. The highest BCUT2D eigenvalue weighted by Gasteiger charge is 2.33. The van der Waals surface area contributed by atoms with E-state index in [0.717, 1.165) is 18.2 Å². The molecule has 0 aliphatic rings. The van der Waals surface area contributed by atoms with Gasteiger partial charge >= 0.3 is 12.3 Å². The van der Waals surface area contributed by atoms with Crippen LogP contribution in [0.25, 0.3) is 0 Å². The quantitative estimate of drug-likeness (QED) is 0.588. The molecule has 118 valence electrons. The highest BCUT2D eigenvalue weighted by Crippen LogP contribution is 2.34. The molecule has 1 aromatic carbocycles. The van der Waals surface area contributed by atoms with E-state index in [0.29, 0.717) is 0 Å². The summed E-state index contributed by atoms with van der Waals surface area (Å²) in [5.74, 6) is -1.41. The standard InChI is InChI=1S/C13H13F5O3/c1-2-20-11(19)7-6-8-9(12(14)15)4-3-5-10(8)21-13(16,17)18/h3-5,12H,2,6-7H2,1H3. The molecule has 8 heteroatoms. The van der Waals surface area contributed by atoms with Crippen LogP contribution in [0.15, 0.2) is 18.2 Å². The largest absolute Gasteiger partial charge is 0.573 e. The van der Waals surface area contributed by atoms with Crippen molar-refractivity contribution in [3.05, 3.63) is 29.3 Å². The van der Waals surface area contributed by atoms with Gasteiger partial charge < -0.3 is 9.47 Å². The second-order valence-corrected chi connectivity index (χ2v) is 3.98. The van der Waals surface area contributed by atoms with Crippen LogP contribution in [-0.2, 0) is 16.0 Å². The summed E-state index contributed by atoms with van der Waals surface area (Å²) >= 11 is 0. The molecule has 0 atom stereocenters. The summed E-state index contributed by atoms with van der Waals surface area (Å²) in [5, 5.41) is 0. The van der Waals surface area contributed by atoms with E-state index in [1.54, 1.807) is 6.92 Å². The zero-order valence-corrected chi connectivity index (χ0v) is 11.0. The molecule has 0 aliphatic carbocycles. The maximum absolute atomic E-state index is 12.9. The third-order valence-corrected chi connectivity index (χ3v) is 2.51. The van der Waals surface area contributed by atoms with Gasteiger partial charge in [-0.05, 0) is 19.4 Å². The first-order chi connectivity index (χ1) is 9.74. The molecule has 0 heterocycles. The van der Waals surface area contributed by atoms with E-state index in [2.05, 4.69) is 9.47 Å². The van der Waals surface area contributed by atoms with E-state index in [-0.39, 0.29) is 25.0 Å². The molecule has 0 bridgehead atoms. The Hall–Kier alpha value is -1.86. The first kappa shape index (κ1) is 17.2. The van der Waals surface area contributed by atoms with Gasteiger partial charge in [0.1, 0.15) is 5.75 Å². The normalized spacial score (nSPS) is 11.6. The van der Waals surface area contributed by atoms with Crippen LogP contribution in [0.4, 0.5) is 22.0 Å². The lowest BCUT2D eigenvalue weighted by Gasteiger charge is -2.16. The van der Waals surface area contributed by atoms with Crippen LogP contribution in [-0.4, -0.2) is 18.9 Å². The summed E-state index contributed by atoms with van der Waals surface area (Å²) in [7, 11) is 0. The monoisotopic (exact) mass is 312 g/mol. The number of rotatable bonds is 6. The average molecular weight is 312 g/mol. The topological polar surface area (TPSA) is 35.5 Å². The third kappa shape index (κ3) is 5.57. The van der Waals surface area contributed by atoms with Gasteiger partial charge in [-0.3, -0.25) is 4.79 Å². The maximum Gasteiger partial charge on any atom is 0.573 e. The molecule has 0 N–H and O–H groups in total. The summed E-state index contributed by atoms with van der Waals surface area (Å²) in [4.78, 5) is 11.2. The molecule has 0 amide bonds. The molecule has 0 fully saturated rings. The lowest BCUT2D eigenvalue weighted by atomic mass is 10.0. The van der Waals surface area contributed by atoms with Crippen LogP contribution in [0.1, 0.15) is 30.9 Å². The molecule has 0 spiro atoms. The fourth-order valence-corrected chi connectivity index (χ4v) is 1.74. The van der Waals surface area contributed by atoms with Crippen molar-refractivity contribution >= 4 is 5.97 Å². The van der Waals surface area contributed by atoms with Gasteiger partial charge in [0.2, 0.25) is 0 Å². The van der Waals surface area contributed by atoms with Crippen molar-refractivity contribution in [3.8, 4) is 5.75 Å². The first-order valence-corrected chi connectivity index (χ1v) is 6.06. The molecule has 3 nitrogen and oxygen atoms in total. The Bertz CT molecular complexity index is 485. The van der Waals surface area contributed by atoms with Crippen molar-refractivity contribution in [3.63, 3.8) is 0 Å². The van der Waals surface area contributed by atoms with E-state index < -0.39 is 30.1 Å². The molecule has 0 aromatic heterocycles. The average Bonchev–Trinajstić information content (AvgIpc) is 2.35. The third-order valence-electron chi connectivity index (χ3n) is 2.51. The highest BCUT2D eigenvalue weighted by atomic mass is 19.4. The second-order valence-electron chi connectivity index (χ2n) is 3.98. The van der Waals surface area contributed by atoms with Crippen molar-refractivity contribution in [1.82, 2.24) is 0 Å². The number of alkyl halides is 5. The fourth-order valence-electron chi connectivity index (χ4n) is 1.74. The van der Waals surface area contributed by atoms with Crippen molar-refractivity contribution < 1.29 is 36.2 Å². The van der Waals surface area contributed by atoms with E-state index >= 15 is 0 Å². The Morgan fingerprint density at radius 1 is 1.29 bits per heavy atom. The molecule has 0 saturated heterocycles. The summed E-state index contributed by atoms with van der Waals surface area (Å²) in [6.07, 6.45) is -8.62. The molecular weight excluding hydrogens is 299 g/mol. The lowest BCUT2D eigenvalue weighted by Crippen LogP contribution is -2.19. The van der Waals surface area contributed by atoms with Crippen LogP contribution >= 0.6 is 0 Å². The fraction of sp³-hybridized carbons (Fsp3) is 0.462. The SMILES string of the molecule is CCOC(=O)CCc1c(OC(F)(F)F)cccc1C(F)F. The van der Waals surface area contributed by atoms with Crippen molar-refractivity contribution in [1.29, 1.82) is 0 Å². The number of esters is 1. The second kappa shape index (κ2) is 7.24. The molecule has 0 unspecified atom stereocenters. The minimum atomic E-state index is -5.00. The summed E-state index contributed by atoms with van der Waals surface area (Å²) in [6, 6.07) is 2.96. The van der Waals surface area contributed by atoms with Crippen LogP contribution in [0, 0.1) is 0 Å². The van der Waals surface area contributed by atoms with Gasteiger partial charge in [-0.1, -0.05) is 12.1 Å². The first-order valence-electron chi connectivity index (χ1n) is 6.06. The number of hydrogen-bond donors (Lipinski definition) is 0. The van der Waals surface area contributed by atoms with Gasteiger partial charge in [0.25, 0.3) is 6.43 Å². The highest BCUT2D eigenvalue weighted by molar-refractivity contribution is 5.70. The van der Waals surface area contributed by atoms with Gasteiger partial charge in [0.05, 0.1) is 6.61 Å². The number of carbonyl (C=O) groups excluding carboxylic acids is 1. The zero-order valence-electron chi connectivity index (χ0n) is 11.0. The molecule has 1 aromatic rings. The molecule has 0 aliphatic heterocycles. The van der Waals surface area contributed by atoms with Gasteiger partial charge in [0, 0.05) is 17.5 Å². The van der Waals surface area contributed by atoms with Gasteiger partial charge in [-0.25, -0.2) is 8.78 Å². The molecule has 21 heavy (non-hydrogen) atoms. The van der Waals surface area contributed by atoms with E-state index in [1.807, 2.05) is 0 Å².